The second-order valence-electron chi connectivity index (χ2n) is 6.17. The molecule has 0 spiro atoms. The largest absolute Gasteiger partial charge is 0.497 e. The summed E-state index contributed by atoms with van der Waals surface area (Å²) in [5.74, 6) is 0.919. The smallest absolute Gasteiger partial charge is 0.339 e. The summed E-state index contributed by atoms with van der Waals surface area (Å²) in [5, 5.41) is 1.09. The first-order chi connectivity index (χ1) is 12.6. The zero-order valence-corrected chi connectivity index (χ0v) is 14.9. The highest BCUT2D eigenvalue weighted by atomic mass is 16.5. The van der Waals surface area contributed by atoms with Gasteiger partial charge in [0.25, 0.3) is 0 Å². The lowest BCUT2D eigenvalue weighted by atomic mass is 9.95. The Morgan fingerprint density at radius 3 is 2.62 bits per heavy atom. The number of methoxy groups -OCH3 is 2. The van der Waals surface area contributed by atoms with Crippen LogP contribution in [0.5, 0.6) is 11.5 Å². The van der Waals surface area contributed by atoms with Gasteiger partial charge in [-0.15, -0.1) is 0 Å². The van der Waals surface area contributed by atoms with Crippen LogP contribution in [0.2, 0.25) is 0 Å². The number of benzene rings is 2. The van der Waals surface area contributed by atoms with Crippen LogP contribution in [0, 0.1) is 0 Å². The number of ether oxygens (including phenoxy) is 3. The van der Waals surface area contributed by atoms with Crippen molar-refractivity contribution in [1.82, 2.24) is 4.57 Å². The molecule has 0 radical (unpaired) electrons. The summed E-state index contributed by atoms with van der Waals surface area (Å²) in [7, 11) is 5.18. The van der Waals surface area contributed by atoms with Crippen molar-refractivity contribution in [2.75, 3.05) is 20.8 Å². The van der Waals surface area contributed by atoms with E-state index >= 15 is 0 Å². The molecule has 0 N–H and O–H groups in total. The highest BCUT2D eigenvalue weighted by molar-refractivity contribution is 6.29. The summed E-state index contributed by atoms with van der Waals surface area (Å²) in [6.45, 7) is 0.239. The highest BCUT2D eigenvalue weighted by Gasteiger charge is 2.31. The Morgan fingerprint density at radius 2 is 1.85 bits per heavy atom. The van der Waals surface area contributed by atoms with E-state index in [9.17, 15) is 4.79 Å². The molecule has 0 saturated carbocycles. The minimum Gasteiger partial charge on any atom is -0.497 e. The van der Waals surface area contributed by atoms with Gasteiger partial charge in [-0.2, -0.15) is 0 Å². The lowest BCUT2D eigenvalue weighted by Gasteiger charge is -2.11. The standard InChI is InChI=1S/C21H19NO4/c1-22-11-16(14-6-4-5-7-18(14)22)17-12-26-21(23)20(17)15-10-13(24-2)8-9-19(15)25-3/h4-11H,12H2,1-3H3. The highest BCUT2D eigenvalue weighted by Crippen LogP contribution is 2.40. The summed E-state index contributed by atoms with van der Waals surface area (Å²) in [5.41, 5.74) is 4.16. The molecule has 0 unspecified atom stereocenters. The summed E-state index contributed by atoms with van der Waals surface area (Å²) < 4.78 is 18.3. The zero-order chi connectivity index (χ0) is 18.3. The zero-order valence-electron chi connectivity index (χ0n) is 14.9. The van der Waals surface area contributed by atoms with Gasteiger partial charge in [0.15, 0.2) is 0 Å². The van der Waals surface area contributed by atoms with Crippen LogP contribution in [0.3, 0.4) is 0 Å². The predicted molar refractivity (Wildman–Crippen MR) is 100 cm³/mol. The lowest BCUT2D eigenvalue weighted by molar-refractivity contribution is -0.133. The molecule has 4 rings (SSSR count). The van der Waals surface area contributed by atoms with Gasteiger partial charge in [-0.1, -0.05) is 18.2 Å². The fourth-order valence-corrected chi connectivity index (χ4v) is 3.48. The average molecular weight is 349 g/mol. The van der Waals surface area contributed by atoms with Crippen molar-refractivity contribution < 1.29 is 19.0 Å². The van der Waals surface area contributed by atoms with Crippen molar-refractivity contribution in [3.63, 3.8) is 0 Å². The maximum atomic E-state index is 12.6. The molecule has 5 nitrogen and oxygen atoms in total. The molecular formula is C21H19NO4. The molecule has 0 bridgehead atoms. The summed E-state index contributed by atoms with van der Waals surface area (Å²) in [6, 6.07) is 13.5. The Balaban J connectivity index is 2.00. The number of para-hydroxylation sites is 1. The number of aromatic nitrogens is 1. The van der Waals surface area contributed by atoms with E-state index in [1.165, 1.54) is 0 Å². The second kappa shape index (κ2) is 6.26. The van der Waals surface area contributed by atoms with Gasteiger partial charge in [-0.25, -0.2) is 4.79 Å². The van der Waals surface area contributed by atoms with Gasteiger partial charge < -0.3 is 18.8 Å². The van der Waals surface area contributed by atoms with Crippen molar-refractivity contribution in [3.05, 3.63) is 59.8 Å². The third kappa shape index (κ3) is 2.44. The van der Waals surface area contributed by atoms with E-state index in [1.807, 2.05) is 31.4 Å². The maximum Gasteiger partial charge on any atom is 0.339 e. The van der Waals surface area contributed by atoms with Crippen LogP contribution in [-0.4, -0.2) is 31.4 Å². The minimum absolute atomic E-state index is 0.239. The summed E-state index contributed by atoms with van der Waals surface area (Å²) in [4.78, 5) is 12.6. The number of aryl methyl sites for hydroxylation is 1. The van der Waals surface area contributed by atoms with Crippen LogP contribution in [0.1, 0.15) is 11.1 Å². The van der Waals surface area contributed by atoms with Crippen LogP contribution < -0.4 is 9.47 Å². The van der Waals surface area contributed by atoms with E-state index in [1.54, 1.807) is 26.4 Å². The fourth-order valence-electron chi connectivity index (χ4n) is 3.48. The molecule has 132 valence electrons. The number of hydrogen-bond acceptors (Lipinski definition) is 4. The number of hydrogen-bond donors (Lipinski definition) is 0. The van der Waals surface area contributed by atoms with Gasteiger partial charge >= 0.3 is 5.97 Å². The topological polar surface area (TPSA) is 49.7 Å². The molecule has 0 aliphatic carbocycles. The van der Waals surface area contributed by atoms with Crippen LogP contribution in [0.25, 0.3) is 22.0 Å². The van der Waals surface area contributed by atoms with Gasteiger partial charge in [0, 0.05) is 40.8 Å². The normalized spacial score (nSPS) is 14.0. The molecular weight excluding hydrogens is 330 g/mol. The second-order valence-corrected chi connectivity index (χ2v) is 6.17. The first-order valence-corrected chi connectivity index (χ1v) is 8.31. The van der Waals surface area contributed by atoms with Gasteiger partial charge in [-0.3, -0.25) is 0 Å². The monoisotopic (exact) mass is 349 g/mol. The Morgan fingerprint density at radius 1 is 1.04 bits per heavy atom. The van der Waals surface area contributed by atoms with Gasteiger partial charge in [0.2, 0.25) is 0 Å². The van der Waals surface area contributed by atoms with Gasteiger partial charge in [0.05, 0.1) is 19.8 Å². The van der Waals surface area contributed by atoms with Crippen LogP contribution in [-0.2, 0) is 16.6 Å². The van der Waals surface area contributed by atoms with Crippen molar-refractivity contribution in [2.24, 2.45) is 7.05 Å². The lowest BCUT2D eigenvalue weighted by Crippen LogP contribution is -2.01. The Labute approximate surface area is 151 Å². The number of nitrogens with zero attached hydrogens (tertiary/aromatic N) is 1. The SMILES string of the molecule is COc1ccc(OC)c(C2=C(c3cn(C)c4ccccc34)COC2=O)c1. The van der Waals surface area contributed by atoms with E-state index in [4.69, 9.17) is 14.2 Å². The molecule has 1 aromatic heterocycles. The summed E-state index contributed by atoms with van der Waals surface area (Å²) in [6.07, 6.45) is 2.04. The van der Waals surface area contributed by atoms with Gasteiger partial charge in [-0.05, 0) is 24.3 Å². The molecule has 0 saturated heterocycles. The number of carbonyl (C=O) groups is 1. The molecule has 3 aromatic rings. The van der Waals surface area contributed by atoms with E-state index < -0.39 is 0 Å². The van der Waals surface area contributed by atoms with Crippen molar-refractivity contribution >= 4 is 28.0 Å². The molecule has 1 aliphatic rings. The quantitative estimate of drug-likeness (QED) is 0.675. The minimum atomic E-state index is -0.348. The van der Waals surface area contributed by atoms with Crippen molar-refractivity contribution in [1.29, 1.82) is 0 Å². The van der Waals surface area contributed by atoms with Crippen LogP contribution >= 0.6 is 0 Å². The van der Waals surface area contributed by atoms with Crippen molar-refractivity contribution in [2.45, 2.75) is 0 Å². The summed E-state index contributed by atoms with van der Waals surface area (Å²) >= 11 is 0. The van der Waals surface area contributed by atoms with Gasteiger partial charge in [0.1, 0.15) is 18.1 Å². The third-order valence-electron chi connectivity index (χ3n) is 4.75. The third-order valence-corrected chi connectivity index (χ3v) is 4.75. The van der Waals surface area contributed by atoms with E-state index in [2.05, 4.69) is 16.7 Å². The maximum absolute atomic E-state index is 12.6. The molecule has 2 aromatic carbocycles. The first-order valence-electron chi connectivity index (χ1n) is 8.31. The van der Waals surface area contributed by atoms with Crippen LogP contribution in [0.15, 0.2) is 48.7 Å². The molecule has 5 heteroatoms. The Hall–Kier alpha value is -3.21. The molecule has 1 aliphatic heterocycles. The predicted octanol–water partition coefficient (Wildman–Crippen LogP) is 3.66. The fraction of sp³-hybridized carbons (Fsp3) is 0.190. The molecule has 0 fully saturated rings. The van der Waals surface area contributed by atoms with E-state index in [0.29, 0.717) is 22.6 Å². The molecule has 2 heterocycles. The number of carbonyl (C=O) groups excluding carboxylic acids is 1. The Bertz CT molecular complexity index is 1050. The molecule has 26 heavy (non-hydrogen) atoms. The number of cyclic esters (lactones) is 1. The van der Waals surface area contributed by atoms with E-state index in [0.717, 1.165) is 22.0 Å². The Kier molecular flexibility index (Phi) is 3.92. The van der Waals surface area contributed by atoms with E-state index in [-0.39, 0.29) is 12.6 Å². The number of rotatable bonds is 4. The van der Waals surface area contributed by atoms with Crippen LogP contribution in [0.4, 0.5) is 0 Å². The number of esters is 1. The first kappa shape index (κ1) is 16.3. The molecule has 0 atom stereocenters. The number of fused-ring (bicyclic) bond motifs is 1. The molecule has 0 amide bonds. The van der Waals surface area contributed by atoms with Crippen molar-refractivity contribution in [3.8, 4) is 11.5 Å². The average Bonchev–Trinajstić information content (AvgIpc) is 3.21.